The highest BCUT2D eigenvalue weighted by Gasteiger charge is 2.17. The maximum absolute atomic E-state index is 12.2. The summed E-state index contributed by atoms with van der Waals surface area (Å²) in [4.78, 5) is 12.2. The van der Waals surface area contributed by atoms with E-state index in [0.717, 1.165) is 5.56 Å². The van der Waals surface area contributed by atoms with Crippen LogP contribution < -0.4 is 14.8 Å². The van der Waals surface area contributed by atoms with Crippen LogP contribution in [0.2, 0.25) is 0 Å². The zero-order chi connectivity index (χ0) is 17.4. The highest BCUT2D eigenvalue weighted by Crippen LogP contribution is 2.36. The molecule has 7 nitrogen and oxygen atoms in total. The Kier molecular flexibility index (Phi) is 3.68. The quantitative estimate of drug-likeness (QED) is 0.785. The molecule has 0 aliphatic carbocycles. The van der Waals surface area contributed by atoms with E-state index in [1.807, 2.05) is 18.2 Å². The van der Waals surface area contributed by atoms with Crippen LogP contribution in [0.4, 0.5) is 0 Å². The Bertz CT molecular complexity index is 941. The molecule has 0 unspecified atom stereocenters. The molecule has 0 bridgehead atoms. The molecule has 1 amide bonds. The third kappa shape index (κ3) is 2.96. The largest absolute Gasteiger partial charge is 0.466 e. The average molecular weight is 340 g/mol. The maximum atomic E-state index is 12.2. The summed E-state index contributed by atoms with van der Waals surface area (Å²) in [6, 6.07) is 9.03. The zero-order valence-corrected chi connectivity index (χ0v) is 13.8. The molecule has 7 heteroatoms. The number of nitrogens with one attached hydrogen (secondary N) is 1. The molecule has 0 atom stereocenters. The lowest BCUT2D eigenvalue weighted by Crippen LogP contribution is -2.23. The smallest absolute Gasteiger partial charge is 0.255 e. The van der Waals surface area contributed by atoms with Crippen molar-refractivity contribution in [2.24, 2.45) is 0 Å². The van der Waals surface area contributed by atoms with Gasteiger partial charge in [-0.15, -0.1) is 0 Å². The van der Waals surface area contributed by atoms with Crippen LogP contribution in [0, 0.1) is 13.8 Å². The van der Waals surface area contributed by atoms with E-state index in [0.29, 0.717) is 40.0 Å². The number of carbonyl (C=O) groups is 1. The van der Waals surface area contributed by atoms with E-state index in [1.54, 1.807) is 26.0 Å². The van der Waals surface area contributed by atoms with Crippen molar-refractivity contribution < 1.29 is 23.2 Å². The van der Waals surface area contributed by atoms with Crippen LogP contribution in [-0.4, -0.2) is 17.9 Å². The van der Waals surface area contributed by atoms with E-state index in [4.69, 9.17) is 18.4 Å². The van der Waals surface area contributed by atoms with E-state index >= 15 is 0 Å². The summed E-state index contributed by atoms with van der Waals surface area (Å²) >= 11 is 0. The van der Waals surface area contributed by atoms with Gasteiger partial charge in [0.15, 0.2) is 17.3 Å². The van der Waals surface area contributed by atoms with Gasteiger partial charge in [-0.3, -0.25) is 4.79 Å². The van der Waals surface area contributed by atoms with Crippen molar-refractivity contribution >= 4 is 5.91 Å². The molecule has 1 aliphatic rings. The van der Waals surface area contributed by atoms with Gasteiger partial charge in [0.25, 0.3) is 5.91 Å². The molecule has 1 N–H and O–H groups in total. The third-order valence-corrected chi connectivity index (χ3v) is 3.93. The summed E-state index contributed by atoms with van der Waals surface area (Å²) < 4.78 is 21.4. The van der Waals surface area contributed by atoms with E-state index in [9.17, 15) is 4.79 Å². The Labute approximate surface area is 143 Å². The fraction of sp³-hybridized carbons (Fsp3) is 0.222. The van der Waals surface area contributed by atoms with Crippen LogP contribution in [0.25, 0.3) is 11.3 Å². The number of amides is 1. The Hall–Kier alpha value is -3.22. The number of hydrogen-bond acceptors (Lipinski definition) is 6. The van der Waals surface area contributed by atoms with Crippen molar-refractivity contribution in [2.75, 3.05) is 6.79 Å². The minimum Gasteiger partial charge on any atom is -0.466 e. The lowest BCUT2D eigenvalue weighted by molar-refractivity contribution is 0.0948. The number of fused-ring (bicyclic) bond motifs is 1. The Morgan fingerprint density at radius 2 is 2.00 bits per heavy atom. The van der Waals surface area contributed by atoms with Crippen LogP contribution in [0.15, 0.2) is 39.3 Å². The van der Waals surface area contributed by atoms with Crippen LogP contribution >= 0.6 is 0 Å². The van der Waals surface area contributed by atoms with Gasteiger partial charge >= 0.3 is 0 Å². The second-order valence-electron chi connectivity index (χ2n) is 5.76. The van der Waals surface area contributed by atoms with Crippen LogP contribution in [0.5, 0.6) is 11.5 Å². The maximum Gasteiger partial charge on any atom is 0.255 e. The van der Waals surface area contributed by atoms with Gasteiger partial charge in [-0.05, 0) is 38.1 Å². The van der Waals surface area contributed by atoms with Gasteiger partial charge in [-0.2, -0.15) is 0 Å². The summed E-state index contributed by atoms with van der Waals surface area (Å²) in [5, 5.41) is 6.80. The molecule has 4 rings (SSSR count). The number of carbonyl (C=O) groups excluding carboxylic acids is 1. The zero-order valence-electron chi connectivity index (χ0n) is 13.8. The lowest BCUT2D eigenvalue weighted by atomic mass is 10.1. The molecule has 1 aliphatic heterocycles. The fourth-order valence-corrected chi connectivity index (χ4v) is 2.70. The van der Waals surface area contributed by atoms with E-state index in [1.165, 1.54) is 0 Å². The molecule has 25 heavy (non-hydrogen) atoms. The molecule has 0 saturated heterocycles. The molecular weight excluding hydrogens is 324 g/mol. The third-order valence-electron chi connectivity index (χ3n) is 3.93. The highest BCUT2D eigenvalue weighted by molar-refractivity contribution is 5.95. The molecule has 0 spiro atoms. The summed E-state index contributed by atoms with van der Waals surface area (Å²) in [7, 11) is 0. The van der Waals surface area contributed by atoms with Crippen molar-refractivity contribution in [3.63, 3.8) is 0 Å². The summed E-state index contributed by atoms with van der Waals surface area (Å²) in [6.45, 7) is 4.05. The summed E-state index contributed by atoms with van der Waals surface area (Å²) in [6.07, 6.45) is 0. The first-order valence-electron chi connectivity index (χ1n) is 7.81. The number of furan rings is 1. The van der Waals surface area contributed by atoms with Gasteiger partial charge in [0.1, 0.15) is 17.2 Å². The molecule has 2 aromatic heterocycles. The summed E-state index contributed by atoms with van der Waals surface area (Å²) in [5.74, 6) is 3.07. The number of benzene rings is 1. The number of aromatic nitrogens is 1. The first-order valence-corrected chi connectivity index (χ1v) is 7.81. The van der Waals surface area contributed by atoms with Crippen molar-refractivity contribution in [3.05, 3.63) is 53.1 Å². The Balaban J connectivity index is 1.45. The monoisotopic (exact) mass is 340 g/mol. The Morgan fingerprint density at radius 1 is 1.16 bits per heavy atom. The first-order chi connectivity index (χ1) is 12.1. The van der Waals surface area contributed by atoms with Gasteiger partial charge in [0, 0.05) is 11.6 Å². The first kappa shape index (κ1) is 15.3. The molecule has 0 radical (unpaired) electrons. The molecule has 3 aromatic rings. The minimum atomic E-state index is -0.207. The Morgan fingerprint density at radius 3 is 2.80 bits per heavy atom. The van der Waals surface area contributed by atoms with Gasteiger partial charge in [-0.1, -0.05) is 5.16 Å². The standard InChI is InChI=1S/C18H16N2O5/c1-10-5-14(11(2)24-10)18(21)19-8-13-7-16(25-20-13)12-3-4-15-17(6-12)23-9-22-15/h3-7H,8-9H2,1-2H3,(H,19,21). The second-order valence-corrected chi connectivity index (χ2v) is 5.76. The van der Waals surface area contributed by atoms with Gasteiger partial charge in [0.05, 0.1) is 12.1 Å². The fourth-order valence-electron chi connectivity index (χ4n) is 2.70. The van der Waals surface area contributed by atoms with E-state index in [-0.39, 0.29) is 19.2 Å². The van der Waals surface area contributed by atoms with E-state index < -0.39 is 0 Å². The number of ether oxygens (including phenoxy) is 2. The SMILES string of the molecule is Cc1cc(C(=O)NCc2cc(-c3ccc4c(c3)OCO4)on2)c(C)o1. The van der Waals surface area contributed by atoms with Gasteiger partial charge < -0.3 is 23.7 Å². The van der Waals surface area contributed by atoms with Crippen molar-refractivity contribution in [1.82, 2.24) is 10.5 Å². The second kappa shape index (κ2) is 6.01. The number of rotatable bonds is 4. The van der Waals surface area contributed by atoms with Crippen LogP contribution in [-0.2, 0) is 6.54 Å². The highest BCUT2D eigenvalue weighted by atomic mass is 16.7. The van der Waals surface area contributed by atoms with Crippen LogP contribution in [0.1, 0.15) is 27.6 Å². The number of hydrogen-bond donors (Lipinski definition) is 1. The summed E-state index contributed by atoms with van der Waals surface area (Å²) in [5.41, 5.74) is 1.98. The predicted octanol–water partition coefficient (Wildman–Crippen LogP) is 3.21. The predicted molar refractivity (Wildman–Crippen MR) is 87.4 cm³/mol. The minimum absolute atomic E-state index is 0.207. The van der Waals surface area contributed by atoms with Gasteiger partial charge in [0.2, 0.25) is 6.79 Å². The molecule has 0 fully saturated rings. The molecule has 3 heterocycles. The normalized spacial score (nSPS) is 12.4. The van der Waals surface area contributed by atoms with Gasteiger partial charge in [-0.25, -0.2) is 0 Å². The average Bonchev–Trinajstić information content (AvgIpc) is 3.31. The lowest BCUT2D eigenvalue weighted by Gasteiger charge is -2.00. The van der Waals surface area contributed by atoms with Crippen LogP contribution in [0.3, 0.4) is 0 Å². The topological polar surface area (TPSA) is 86.7 Å². The van der Waals surface area contributed by atoms with Crippen molar-refractivity contribution in [1.29, 1.82) is 0 Å². The van der Waals surface area contributed by atoms with Crippen molar-refractivity contribution in [3.8, 4) is 22.8 Å². The number of nitrogens with zero attached hydrogens (tertiary/aromatic N) is 1. The molecule has 128 valence electrons. The molecule has 0 saturated carbocycles. The number of aryl methyl sites for hydroxylation is 2. The molecular formula is C18H16N2O5. The van der Waals surface area contributed by atoms with E-state index in [2.05, 4.69) is 10.5 Å². The molecule has 1 aromatic carbocycles. The van der Waals surface area contributed by atoms with Crippen molar-refractivity contribution in [2.45, 2.75) is 20.4 Å².